The van der Waals surface area contributed by atoms with Crippen molar-refractivity contribution in [1.29, 1.82) is 0 Å². The lowest BCUT2D eigenvalue weighted by Gasteiger charge is -2.29. The summed E-state index contributed by atoms with van der Waals surface area (Å²) in [5.41, 5.74) is 1.84. The van der Waals surface area contributed by atoms with Crippen molar-refractivity contribution in [3.05, 3.63) is 71.1 Å². The zero-order valence-corrected chi connectivity index (χ0v) is 14.2. The Morgan fingerprint density at radius 3 is 2.08 bits per heavy atom. The predicted molar refractivity (Wildman–Crippen MR) is 93.4 cm³/mol. The largest absolute Gasteiger partial charge is 0.494 e. The van der Waals surface area contributed by atoms with Crippen molar-refractivity contribution in [2.24, 2.45) is 0 Å². The summed E-state index contributed by atoms with van der Waals surface area (Å²) in [6.07, 6.45) is 4.53. The van der Waals surface area contributed by atoms with Crippen LogP contribution < -0.4 is 4.74 Å². The smallest absolute Gasteiger partial charge is 0.200 e. The second-order valence-corrected chi connectivity index (χ2v) is 6.52. The topological polar surface area (TPSA) is 9.23 Å². The number of halogens is 3. The van der Waals surface area contributed by atoms with Crippen molar-refractivity contribution < 1.29 is 17.9 Å². The van der Waals surface area contributed by atoms with Crippen molar-refractivity contribution in [2.75, 3.05) is 7.11 Å². The minimum Gasteiger partial charge on any atom is -0.494 e. The van der Waals surface area contributed by atoms with Crippen LogP contribution in [-0.4, -0.2) is 7.11 Å². The average Bonchev–Trinajstić information content (AvgIpc) is 2.64. The van der Waals surface area contributed by atoms with Gasteiger partial charge in [0.25, 0.3) is 0 Å². The SMILES string of the molecule is C=Cc1ccc(C2CCC(c3ccc(OC)c(F)c3F)CC2)c(F)c1. The van der Waals surface area contributed by atoms with Crippen LogP contribution in [-0.2, 0) is 0 Å². The van der Waals surface area contributed by atoms with Crippen molar-refractivity contribution in [1.82, 2.24) is 0 Å². The van der Waals surface area contributed by atoms with Gasteiger partial charge in [0.15, 0.2) is 11.6 Å². The van der Waals surface area contributed by atoms with Crippen LogP contribution in [0.3, 0.4) is 0 Å². The van der Waals surface area contributed by atoms with Gasteiger partial charge in [0.05, 0.1) is 7.11 Å². The van der Waals surface area contributed by atoms with E-state index in [4.69, 9.17) is 4.74 Å². The summed E-state index contributed by atoms with van der Waals surface area (Å²) in [7, 11) is 1.31. The number of benzene rings is 2. The molecule has 0 spiro atoms. The van der Waals surface area contributed by atoms with Crippen molar-refractivity contribution >= 4 is 6.08 Å². The van der Waals surface area contributed by atoms with Crippen molar-refractivity contribution in [3.8, 4) is 5.75 Å². The molecule has 0 N–H and O–H groups in total. The summed E-state index contributed by atoms with van der Waals surface area (Å²) < 4.78 is 47.3. The summed E-state index contributed by atoms with van der Waals surface area (Å²) >= 11 is 0. The van der Waals surface area contributed by atoms with Gasteiger partial charge in [-0.1, -0.05) is 30.9 Å². The van der Waals surface area contributed by atoms with Gasteiger partial charge >= 0.3 is 0 Å². The first-order chi connectivity index (χ1) is 12.0. The lowest BCUT2D eigenvalue weighted by Crippen LogP contribution is -2.15. The maximum atomic E-state index is 14.3. The molecule has 0 radical (unpaired) electrons. The molecule has 1 aliphatic carbocycles. The van der Waals surface area contributed by atoms with Crippen molar-refractivity contribution in [3.63, 3.8) is 0 Å². The fourth-order valence-electron chi connectivity index (χ4n) is 3.74. The van der Waals surface area contributed by atoms with Gasteiger partial charge in [0.1, 0.15) is 5.82 Å². The standard InChI is InChI=1S/C21H21F3O/c1-3-13-4-9-16(18(22)12-13)14-5-7-15(8-6-14)17-10-11-19(25-2)21(24)20(17)23/h3-4,9-12,14-15H,1,5-8H2,2H3. The third-order valence-electron chi connectivity index (χ3n) is 5.16. The summed E-state index contributed by atoms with van der Waals surface area (Å²) in [6.45, 7) is 3.64. The lowest BCUT2D eigenvalue weighted by atomic mass is 9.76. The van der Waals surface area contributed by atoms with Gasteiger partial charge in [-0.2, -0.15) is 4.39 Å². The fourth-order valence-corrected chi connectivity index (χ4v) is 3.74. The van der Waals surface area contributed by atoms with Gasteiger partial charge in [0, 0.05) is 0 Å². The quantitative estimate of drug-likeness (QED) is 0.641. The van der Waals surface area contributed by atoms with Crippen LogP contribution in [0, 0.1) is 17.5 Å². The molecule has 0 aromatic heterocycles. The highest BCUT2D eigenvalue weighted by atomic mass is 19.2. The second kappa shape index (κ2) is 7.34. The Kier molecular flexibility index (Phi) is 5.16. The summed E-state index contributed by atoms with van der Waals surface area (Å²) in [6, 6.07) is 8.23. The van der Waals surface area contributed by atoms with E-state index in [0.29, 0.717) is 24.0 Å². The third-order valence-corrected chi connectivity index (χ3v) is 5.16. The summed E-state index contributed by atoms with van der Waals surface area (Å²) in [4.78, 5) is 0. The molecule has 2 aromatic rings. The predicted octanol–water partition coefficient (Wildman–Crippen LogP) is 6.20. The van der Waals surface area contributed by atoms with Gasteiger partial charge in [0.2, 0.25) is 5.82 Å². The first-order valence-electron chi connectivity index (χ1n) is 8.49. The highest BCUT2D eigenvalue weighted by Gasteiger charge is 2.28. The molecule has 0 aliphatic heterocycles. The molecule has 1 aliphatic rings. The minimum absolute atomic E-state index is 0.0489. The molecule has 132 valence electrons. The Bertz CT molecular complexity index is 777. The zero-order chi connectivity index (χ0) is 18.0. The number of hydrogen-bond donors (Lipinski definition) is 0. The Morgan fingerprint density at radius 1 is 0.920 bits per heavy atom. The highest BCUT2D eigenvalue weighted by Crippen LogP contribution is 2.42. The molecule has 0 bridgehead atoms. The maximum Gasteiger partial charge on any atom is 0.200 e. The summed E-state index contributed by atoms with van der Waals surface area (Å²) in [5, 5.41) is 0. The molecule has 0 amide bonds. The van der Waals surface area contributed by atoms with E-state index in [9.17, 15) is 13.2 Å². The molecular formula is C21H21F3O. The van der Waals surface area contributed by atoms with E-state index < -0.39 is 11.6 Å². The number of methoxy groups -OCH3 is 1. The first kappa shape index (κ1) is 17.6. The van der Waals surface area contributed by atoms with Gasteiger partial charge < -0.3 is 4.74 Å². The molecule has 0 saturated heterocycles. The number of hydrogen-bond acceptors (Lipinski definition) is 1. The number of rotatable bonds is 4. The second-order valence-electron chi connectivity index (χ2n) is 6.52. The Balaban J connectivity index is 1.74. The van der Waals surface area contributed by atoms with Gasteiger partial charge in [-0.15, -0.1) is 0 Å². The molecule has 0 unspecified atom stereocenters. The number of ether oxygens (including phenoxy) is 1. The molecule has 2 aromatic carbocycles. The van der Waals surface area contributed by atoms with Crippen LogP contribution >= 0.6 is 0 Å². The van der Waals surface area contributed by atoms with Crippen LogP contribution in [0.4, 0.5) is 13.2 Å². The normalized spacial score (nSPS) is 20.3. The van der Waals surface area contributed by atoms with Gasteiger partial charge in [-0.3, -0.25) is 0 Å². The first-order valence-corrected chi connectivity index (χ1v) is 8.49. The molecule has 1 saturated carbocycles. The molecule has 0 heterocycles. The molecule has 25 heavy (non-hydrogen) atoms. The molecule has 0 atom stereocenters. The fraction of sp³-hybridized carbons (Fsp3) is 0.333. The summed E-state index contributed by atoms with van der Waals surface area (Å²) in [5.74, 6) is -2.01. The van der Waals surface area contributed by atoms with Crippen LogP contribution in [0.15, 0.2) is 36.9 Å². The minimum atomic E-state index is -0.937. The average molecular weight is 346 g/mol. The maximum absolute atomic E-state index is 14.3. The van der Waals surface area contributed by atoms with E-state index in [-0.39, 0.29) is 23.4 Å². The third kappa shape index (κ3) is 3.44. The van der Waals surface area contributed by atoms with E-state index in [2.05, 4.69) is 6.58 Å². The van der Waals surface area contributed by atoms with Crippen molar-refractivity contribution in [2.45, 2.75) is 37.5 Å². The van der Waals surface area contributed by atoms with E-state index in [1.807, 2.05) is 12.1 Å². The molecule has 1 nitrogen and oxygen atoms in total. The Morgan fingerprint density at radius 2 is 1.52 bits per heavy atom. The van der Waals surface area contributed by atoms with Crippen LogP contribution in [0.25, 0.3) is 6.08 Å². The van der Waals surface area contributed by atoms with Crippen LogP contribution in [0.1, 0.15) is 54.2 Å². The molecular weight excluding hydrogens is 325 g/mol. The van der Waals surface area contributed by atoms with E-state index in [0.717, 1.165) is 18.4 Å². The van der Waals surface area contributed by atoms with Gasteiger partial charge in [-0.05, 0) is 66.3 Å². The zero-order valence-electron chi connectivity index (χ0n) is 14.2. The van der Waals surface area contributed by atoms with Crippen LogP contribution in [0.5, 0.6) is 5.75 Å². The molecule has 1 fully saturated rings. The van der Waals surface area contributed by atoms with E-state index >= 15 is 0 Å². The Labute approximate surface area is 146 Å². The van der Waals surface area contributed by atoms with Gasteiger partial charge in [-0.25, -0.2) is 8.78 Å². The van der Waals surface area contributed by atoms with E-state index in [1.165, 1.54) is 19.2 Å². The molecule has 4 heteroatoms. The monoisotopic (exact) mass is 346 g/mol. The van der Waals surface area contributed by atoms with Crippen LogP contribution in [0.2, 0.25) is 0 Å². The Hall–Kier alpha value is -2.23. The molecule has 3 rings (SSSR count). The lowest BCUT2D eigenvalue weighted by molar-refractivity contribution is 0.355. The van der Waals surface area contributed by atoms with E-state index in [1.54, 1.807) is 12.1 Å². The highest BCUT2D eigenvalue weighted by molar-refractivity contribution is 5.48.